The third-order valence-electron chi connectivity index (χ3n) is 5.07. The fourth-order valence-corrected chi connectivity index (χ4v) is 4.66. The van der Waals surface area contributed by atoms with Crippen LogP contribution >= 0.6 is 27.3 Å². The van der Waals surface area contributed by atoms with E-state index in [1.807, 2.05) is 36.4 Å². The van der Waals surface area contributed by atoms with E-state index in [4.69, 9.17) is 9.97 Å². The number of hydrogen-bond donors (Lipinski definition) is 1. The molecule has 5 aromatic rings. The second-order valence-corrected chi connectivity index (χ2v) is 8.82. The van der Waals surface area contributed by atoms with Crippen LogP contribution in [0.4, 0.5) is 5.13 Å². The molecule has 0 radical (unpaired) electrons. The van der Waals surface area contributed by atoms with Gasteiger partial charge >= 0.3 is 0 Å². The Balaban J connectivity index is 1.58. The van der Waals surface area contributed by atoms with Gasteiger partial charge in [-0.1, -0.05) is 64.5 Å². The Labute approximate surface area is 187 Å². The molecule has 0 bridgehead atoms. The van der Waals surface area contributed by atoms with E-state index in [2.05, 4.69) is 80.5 Å². The third kappa shape index (κ3) is 3.64. The molecule has 148 valence electrons. The minimum absolute atomic E-state index is 0.0785. The van der Waals surface area contributed by atoms with Crippen LogP contribution in [0.3, 0.4) is 0 Å². The van der Waals surface area contributed by atoms with E-state index in [-0.39, 0.29) is 6.04 Å². The third-order valence-corrected chi connectivity index (χ3v) is 6.37. The van der Waals surface area contributed by atoms with Crippen LogP contribution in [-0.4, -0.2) is 14.4 Å². The summed E-state index contributed by atoms with van der Waals surface area (Å²) in [5.41, 5.74) is 6.31. The van der Waals surface area contributed by atoms with E-state index >= 15 is 0 Å². The van der Waals surface area contributed by atoms with Gasteiger partial charge in [0.25, 0.3) is 0 Å². The molecule has 0 aliphatic rings. The highest BCUT2D eigenvalue weighted by molar-refractivity contribution is 9.10. The fraction of sp³-hybridized carbons (Fsp3) is 0.0833. The van der Waals surface area contributed by atoms with E-state index in [1.54, 1.807) is 11.3 Å². The zero-order valence-electron chi connectivity index (χ0n) is 16.3. The standard InChI is InChI=1S/C24H19BrN4S/c1-16-23(29-14-6-5-9-21(29)26-16)22(18-10-12-19(25)13-11-18)28-24-27-20(15-30-24)17-7-3-2-4-8-17/h2-15,22H,1H3,(H,27,28). The molecule has 0 saturated heterocycles. The van der Waals surface area contributed by atoms with E-state index in [0.29, 0.717) is 0 Å². The topological polar surface area (TPSA) is 42.2 Å². The van der Waals surface area contributed by atoms with Gasteiger partial charge in [-0.25, -0.2) is 9.97 Å². The largest absolute Gasteiger partial charge is 0.349 e. The van der Waals surface area contributed by atoms with Crippen molar-refractivity contribution < 1.29 is 0 Å². The van der Waals surface area contributed by atoms with Crippen LogP contribution in [0.15, 0.2) is 88.8 Å². The molecule has 0 amide bonds. The molecule has 3 aromatic heterocycles. The number of fused-ring (bicyclic) bond motifs is 1. The Kier molecular flexibility index (Phi) is 5.11. The first-order valence-electron chi connectivity index (χ1n) is 9.65. The molecule has 1 N–H and O–H groups in total. The van der Waals surface area contributed by atoms with Gasteiger partial charge in [0.1, 0.15) is 5.65 Å². The normalized spacial score (nSPS) is 12.2. The molecule has 0 fully saturated rings. The van der Waals surface area contributed by atoms with Crippen LogP contribution in [0, 0.1) is 6.92 Å². The molecule has 0 aliphatic heterocycles. The highest BCUT2D eigenvalue weighted by Gasteiger charge is 2.22. The smallest absolute Gasteiger partial charge is 0.184 e. The second-order valence-electron chi connectivity index (χ2n) is 7.04. The van der Waals surface area contributed by atoms with Crippen molar-refractivity contribution in [3.63, 3.8) is 0 Å². The summed E-state index contributed by atoms with van der Waals surface area (Å²) < 4.78 is 3.21. The summed E-state index contributed by atoms with van der Waals surface area (Å²) in [6, 6.07) is 24.7. The Morgan fingerprint density at radius 1 is 0.933 bits per heavy atom. The minimum Gasteiger partial charge on any atom is -0.349 e. The number of rotatable bonds is 5. The van der Waals surface area contributed by atoms with Crippen molar-refractivity contribution in [3.05, 3.63) is 106 Å². The van der Waals surface area contributed by atoms with Crippen molar-refractivity contribution >= 4 is 38.0 Å². The van der Waals surface area contributed by atoms with Crippen LogP contribution in [0.25, 0.3) is 16.9 Å². The molecule has 0 aliphatic carbocycles. The molecule has 6 heteroatoms. The maximum absolute atomic E-state index is 4.85. The van der Waals surface area contributed by atoms with Crippen molar-refractivity contribution in [1.82, 2.24) is 14.4 Å². The van der Waals surface area contributed by atoms with Gasteiger partial charge in [-0.3, -0.25) is 0 Å². The lowest BCUT2D eigenvalue weighted by Crippen LogP contribution is -2.15. The number of nitrogens with zero attached hydrogens (tertiary/aromatic N) is 3. The Morgan fingerprint density at radius 3 is 2.50 bits per heavy atom. The van der Waals surface area contributed by atoms with Gasteiger partial charge in [0, 0.05) is 21.6 Å². The predicted octanol–water partition coefficient (Wildman–Crippen LogP) is 6.73. The lowest BCUT2D eigenvalue weighted by molar-refractivity contribution is 0.854. The zero-order valence-corrected chi connectivity index (χ0v) is 18.7. The number of hydrogen-bond acceptors (Lipinski definition) is 4. The molecule has 30 heavy (non-hydrogen) atoms. The summed E-state index contributed by atoms with van der Waals surface area (Å²) >= 11 is 5.16. The maximum Gasteiger partial charge on any atom is 0.184 e. The number of imidazole rings is 1. The number of aromatic nitrogens is 3. The monoisotopic (exact) mass is 474 g/mol. The molecule has 3 heterocycles. The van der Waals surface area contributed by atoms with Gasteiger partial charge in [-0.2, -0.15) is 0 Å². The lowest BCUT2D eigenvalue weighted by atomic mass is 10.0. The van der Waals surface area contributed by atoms with E-state index < -0.39 is 0 Å². The molecule has 0 saturated carbocycles. The average molecular weight is 475 g/mol. The lowest BCUT2D eigenvalue weighted by Gasteiger charge is -2.20. The van der Waals surface area contributed by atoms with E-state index in [9.17, 15) is 0 Å². The number of halogens is 1. The van der Waals surface area contributed by atoms with E-state index in [1.165, 1.54) is 0 Å². The summed E-state index contributed by atoms with van der Waals surface area (Å²) in [6.45, 7) is 2.06. The molecule has 1 unspecified atom stereocenters. The van der Waals surface area contributed by atoms with Crippen molar-refractivity contribution in [2.75, 3.05) is 5.32 Å². The van der Waals surface area contributed by atoms with Crippen molar-refractivity contribution in [2.24, 2.45) is 0 Å². The van der Waals surface area contributed by atoms with E-state index in [0.717, 1.165) is 43.5 Å². The van der Waals surface area contributed by atoms with Gasteiger partial charge < -0.3 is 9.72 Å². The van der Waals surface area contributed by atoms with Crippen LogP contribution in [0.5, 0.6) is 0 Å². The Morgan fingerprint density at radius 2 is 1.70 bits per heavy atom. The van der Waals surface area contributed by atoms with Crippen LogP contribution < -0.4 is 5.32 Å². The number of benzene rings is 2. The van der Waals surface area contributed by atoms with Crippen LogP contribution in [0.1, 0.15) is 23.0 Å². The van der Waals surface area contributed by atoms with Gasteiger partial charge in [-0.15, -0.1) is 11.3 Å². The quantitative estimate of drug-likeness (QED) is 0.307. The predicted molar refractivity (Wildman–Crippen MR) is 127 cm³/mol. The molecule has 1 atom stereocenters. The van der Waals surface area contributed by atoms with Crippen molar-refractivity contribution in [2.45, 2.75) is 13.0 Å². The Hall–Kier alpha value is -2.96. The van der Waals surface area contributed by atoms with Crippen LogP contribution in [0.2, 0.25) is 0 Å². The molecular formula is C24H19BrN4S. The summed E-state index contributed by atoms with van der Waals surface area (Å²) in [6.07, 6.45) is 2.06. The van der Waals surface area contributed by atoms with Gasteiger partial charge in [0.2, 0.25) is 0 Å². The second kappa shape index (κ2) is 8.05. The SMILES string of the molecule is Cc1nc2ccccn2c1C(Nc1nc(-c2ccccc2)cs1)c1ccc(Br)cc1. The first-order valence-corrected chi connectivity index (χ1v) is 11.3. The summed E-state index contributed by atoms with van der Waals surface area (Å²) in [7, 11) is 0. The van der Waals surface area contributed by atoms with Crippen LogP contribution in [-0.2, 0) is 0 Å². The summed E-state index contributed by atoms with van der Waals surface area (Å²) in [4.78, 5) is 9.62. The minimum atomic E-state index is -0.0785. The Bertz CT molecular complexity index is 1290. The fourth-order valence-electron chi connectivity index (χ4n) is 3.65. The molecular weight excluding hydrogens is 456 g/mol. The number of pyridine rings is 1. The molecule has 4 nitrogen and oxygen atoms in total. The van der Waals surface area contributed by atoms with Crippen molar-refractivity contribution in [1.29, 1.82) is 0 Å². The van der Waals surface area contributed by atoms with Gasteiger partial charge in [0.15, 0.2) is 5.13 Å². The first-order chi connectivity index (χ1) is 14.7. The number of thiazole rings is 1. The maximum atomic E-state index is 4.85. The molecule has 0 spiro atoms. The first kappa shape index (κ1) is 19.0. The molecule has 2 aromatic carbocycles. The zero-order chi connectivity index (χ0) is 20.5. The van der Waals surface area contributed by atoms with Gasteiger partial charge in [0.05, 0.1) is 23.1 Å². The number of anilines is 1. The summed E-state index contributed by atoms with van der Waals surface area (Å²) in [5.74, 6) is 0. The van der Waals surface area contributed by atoms with Crippen molar-refractivity contribution in [3.8, 4) is 11.3 Å². The van der Waals surface area contributed by atoms with Gasteiger partial charge in [-0.05, 0) is 36.8 Å². The highest BCUT2D eigenvalue weighted by atomic mass is 79.9. The average Bonchev–Trinajstić information content (AvgIpc) is 3.37. The molecule has 5 rings (SSSR count). The number of nitrogens with one attached hydrogen (secondary N) is 1. The summed E-state index contributed by atoms with van der Waals surface area (Å²) in [5, 5.41) is 6.65. The highest BCUT2D eigenvalue weighted by Crippen LogP contribution is 2.33. The number of aryl methyl sites for hydroxylation is 1.